The molecule has 2 saturated heterocycles. The van der Waals surface area contributed by atoms with Crippen molar-refractivity contribution >= 4 is 29.2 Å². The summed E-state index contributed by atoms with van der Waals surface area (Å²) >= 11 is 0. The summed E-state index contributed by atoms with van der Waals surface area (Å²) < 4.78 is 30.3. The molecule has 12 heteroatoms. The van der Waals surface area contributed by atoms with Crippen LogP contribution in [0.5, 0.6) is 0 Å². The molecule has 0 spiro atoms. The van der Waals surface area contributed by atoms with Crippen molar-refractivity contribution < 1.29 is 52.8 Å². The number of fused-ring (bicyclic) bond motifs is 3. The fourth-order valence-corrected chi connectivity index (χ4v) is 11.3. The lowest BCUT2D eigenvalue weighted by Gasteiger charge is -2.42. The van der Waals surface area contributed by atoms with E-state index in [-0.39, 0.29) is 74.3 Å². The van der Waals surface area contributed by atoms with Crippen LogP contribution in [0.25, 0.3) is 0 Å². The summed E-state index contributed by atoms with van der Waals surface area (Å²) in [5, 5.41) is 12.0. The highest BCUT2D eigenvalue weighted by atomic mass is 16.6. The zero-order valence-electron chi connectivity index (χ0n) is 43.1. The predicted molar refractivity (Wildman–Crippen MR) is 267 cm³/mol. The van der Waals surface area contributed by atoms with Gasteiger partial charge in [0, 0.05) is 64.4 Å². The lowest BCUT2D eigenvalue weighted by atomic mass is 9.74. The Hall–Kier alpha value is -3.29. The number of piperidine rings is 1. The van der Waals surface area contributed by atoms with E-state index in [0.29, 0.717) is 56.8 Å². The predicted octanol–water partition coefficient (Wildman–Crippen LogP) is 10.1. The second kappa shape index (κ2) is 27.9. The molecule has 68 heavy (non-hydrogen) atoms. The Bertz CT molecular complexity index is 1790. The Kier molecular flexibility index (Phi) is 24.2. The van der Waals surface area contributed by atoms with E-state index in [2.05, 4.69) is 19.9 Å². The Morgan fingerprint density at radius 1 is 0.838 bits per heavy atom. The van der Waals surface area contributed by atoms with Gasteiger partial charge in [-0.15, -0.1) is 0 Å². The van der Waals surface area contributed by atoms with E-state index in [9.17, 15) is 29.1 Å². The van der Waals surface area contributed by atoms with E-state index in [4.69, 9.17) is 23.7 Å². The molecule has 4 rings (SSSR count). The van der Waals surface area contributed by atoms with E-state index in [0.717, 1.165) is 43.3 Å². The van der Waals surface area contributed by atoms with E-state index < -0.39 is 59.6 Å². The van der Waals surface area contributed by atoms with E-state index in [1.807, 2.05) is 71.9 Å². The molecule has 0 radical (unpaired) electrons. The molecule has 0 aromatic heterocycles. The summed E-state index contributed by atoms with van der Waals surface area (Å²) in [5.74, 6) is -6.24. The normalized spacial score (nSPS) is 39.0. The summed E-state index contributed by atoms with van der Waals surface area (Å²) in [4.78, 5) is 72.7. The van der Waals surface area contributed by atoms with Crippen LogP contribution in [0.15, 0.2) is 47.6 Å². The van der Waals surface area contributed by atoms with Gasteiger partial charge in [0.25, 0.3) is 11.7 Å². The third-order valence-corrected chi connectivity index (χ3v) is 15.8. The van der Waals surface area contributed by atoms with Crippen molar-refractivity contribution in [1.29, 1.82) is 0 Å². The molecule has 4 aliphatic rings. The van der Waals surface area contributed by atoms with Gasteiger partial charge < -0.3 is 33.7 Å². The highest BCUT2D eigenvalue weighted by molar-refractivity contribution is 6.39. The van der Waals surface area contributed by atoms with Crippen molar-refractivity contribution in [2.75, 3.05) is 27.9 Å². The van der Waals surface area contributed by atoms with E-state index in [1.54, 1.807) is 28.3 Å². The fourth-order valence-electron chi connectivity index (χ4n) is 11.3. The van der Waals surface area contributed by atoms with Crippen molar-refractivity contribution in [3.05, 3.63) is 47.6 Å². The summed E-state index contributed by atoms with van der Waals surface area (Å²) in [6, 6.07) is -1.07. The van der Waals surface area contributed by atoms with Gasteiger partial charge in [0.05, 0.1) is 18.3 Å². The highest BCUT2D eigenvalue weighted by Gasteiger charge is 2.53. The molecule has 3 heterocycles. The van der Waals surface area contributed by atoms with E-state index >= 15 is 0 Å². The minimum absolute atomic E-state index is 0. The highest BCUT2D eigenvalue weighted by Crippen LogP contribution is 2.39. The smallest absolute Gasteiger partial charge is 0.329 e. The van der Waals surface area contributed by atoms with Gasteiger partial charge in [-0.25, -0.2) is 4.79 Å². The third-order valence-electron chi connectivity index (χ3n) is 15.8. The maximum Gasteiger partial charge on any atom is 0.329 e. The molecular formula is C56H91NO11. The minimum atomic E-state index is -2.39. The summed E-state index contributed by atoms with van der Waals surface area (Å²) in [5.41, 5.74) is 1.81. The fraction of sp³-hybridized carbons (Fsp3) is 0.768. The van der Waals surface area contributed by atoms with Gasteiger partial charge in [0.15, 0.2) is 5.78 Å². The number of nitrogens with zero attached hydrogens (tertiary/aromatic N) is 1. The molecule has 3 aliphatic heterocycles. The van der Waals surface area contributed by atoms with Crippen molar-refractivity contribution in [3.8, 4) is 0 Å². The number of aliphatic hydroxyl groups is 1. The van der Waals surface area contributed by atoms with Gasteiger partial charge in [-0.2, -0.15) is 0 Å². The maximum atomic E-state index is 14.5. The van der Waals surface area contributed by atoms with Crippen LogP contribution in [0, 0.1) is 47.3 Å². The maximum absolute atomic E-state index is 14.5. The topological polar surface area (TPSA) is 155 Å². The molecule has 0 aromatic rings. The van der Waals surface area contributed by atoms with Crippen LogP contribution in [0.2, 0.25) is 0 Å². The largest absolute Gasteiger partial charge is 0.460 e. The number of Topliss-reactive ketones (excluding diaryl/α,β-unsaturated/α-hetero) is 3. The molecule has 1 unspecified atom stereocenters. The number of amides is 1. The number of hydrogen-bond donors (Lipinski definition) is 1. The van der Waals surface area contributed by atoms with Crippen LogP contribution in [0.1, 0.15) is 160 Å². The van der Waals surface area contributed by atoms with E-state index in [1.165, 1.54) is 4.90 Å². The number of rotatable bonds is 8. The summed E-state index contributed by atoms with van der Waals surface area (Å²) in [6.45, 7) is 17.9. The second-order valence-corrected chi connectivity index (χ2v) is 20.8. The molecule has 2 bridgehead atoms. The van der Waals surface area contributed by atoms with Gasteiger partial charge in [0.2, 0.25) is 5.79 Å². The monoisotopic (exact) mass is 954 g/mol. The number of ether oxygens (including phenoxy) is 5. The Morgan fingerprint density at radius 3 is 2.21 bits per heavy atom. The van der Waals surface area contributed by atoms with Crippen LogP contribution in [-0.2, 0) is 47.7 Å². The number of ketones is 3. The first-order valence-electron chi connectivity index (χ1n) is 25.6. The van der Waals surface area contributed by atoms with Gasteiger partial charge in [0.1, 0.15) is 24.0 Å². The van der Waals surface area contributed by atoms with Crippen molar-refractivity contribution in [3.63, 3.8) is 0 Å². The number of allylic oxidation sites excluding steroid dienone is 6. The standard InChI is InChI=1S/C55H87NO11.CH4/c1-13-42-25-24-41(31-49(42)64-11)30-38(7)48-33-46(57)37(6)29-36(5)44(14-2)51(65-12)50(58)39(8)28-34(3)20-16-15-17-21-35(4)47(63-10)32-43-26-23-40(9)55(62,67-43)52(59)53(60)56-27-19-18-22-45(56)54(61)66-48;/h15-17,20-21,29,34,37-45,47-49,51,62H,13-14,18-19,22-28,30-33H2,1-12H3;1H4/b17-15+,20-16+,35-21+,36-29+;/t34-,37-,38-,39-,40-,41+,42-,43+,44-,45+,47+,48?,49-,51-,55-;/m1./s1. The second-order valence-electron chi connectivity index (χ2n) is 20.8. The number of hydrogen-bond acceptors (Lipinski definition) is 11. The molecule has 0 aromatic carbocycles. The van der Waals surface area contributed by atoms with Crippen LogP contribution >= 0.6 is 0 Å². The zero-order valence-corrected chi connectivity index (χ0v) is 43.1. The Balaban J connectivity index is 0.0000122. The van der Waals surface area contributed by atoms with Gasteiger partial charge in [-0.1, -0.05) is 104 Å². The molecular weight excluding hydrogens is 863 g/mol. The molecule has 12 nitrogen and oxygen atoms in total. The average molecular weight is 954 g/mol. The molecule has 1 amide bonds. The number of esters is 1. The first kappa shape index (κ1) is 59.0. The van der Waals surface area contributed by atoms with Crippen molar-refractivity contribution in [2.24, 2.45) is 47.3 Å². The number of methoxy groups -OCH3 is 3. The first-order valence-corrected chi connectivity index (χ1v) is 25.6. The van der Waals surface area contributed by atoms with Crippen LogP contribution in [0.4, 0.5) is 0 Å². The molecule has 1 N–H and O–H groups in total. The Morgan fingerprint density at radius 2 is 1.56 bits per heavy atom. The van der Waals surface area contributed by atoms with Crippen LogP contribution in [-0.4, -0.2) is 109 Å². The van der Waals surface area contributed by atoms with Crippen molar-refractivity contribution in [1.82, 2.24) is 4.90 Å². The zero-order chi connectivity index (χ0) is 49.6. The molecule has 1 aliphatic carbocycles. The van der Waals surface area contributed by atoms with Crippen LogP contribution in [0.3, 0.4) is 0 Å². The molecule has 3 fully saturated rings. The number of carbonyl (C=O) groups excluding carboxylic acids is 5. The van der Waals surface area contributed by atoms with Gasteiger partial charge >= 0.3 is 5.97 Å². The lowest BCUT2D eigenvalue weighted by molar-refractivity contribution is -0.265. The SMILES string of the molecule is C.CC[C@@H]1CC[C@@H](C[C@@H](C)C2CC(=O)[C@H](C)/C=C(\C)[C@@H](CC)[C@@H](OC)C(=O)[C@H](C)C[C@H](C)/C=C/C=C/C=C(\C)[C@@H](OC)C[C@@H]3CC[C@@H](C)[C@@](O)(O3)C(=O)C(=O)N3CCCC[C@H]3C(=O)O2)C[C@H]1OC. The molecule has 15 atom stereocenters. The number of cyclic esters (lactones) is 1. The first-order chi connectivity index (χ1) is 31.8. The molecule has 386 valence electrons. The average Bonchev–Trinajstić information content (AvgIpc) is 3.31. The van der Waals surface area contributed by atoms with Crippen molar-refractivity contribution in [2.45, 2.75) is 202 Å². The van der Waals surface area contributed by atoms with Gasteiger partial charge in [-0.05, 0) is 114 Å². The Labute approximate surface area is 410 Å². The third kappa shape index (κ3) is 15.4. The number of carbonyl (C=O) groups is 5. The summed E-state index contributed by atoms with van der Waals surface area (Å²) in [6.07, 6.45) is 18.2. The lowest BCUT2D eigenvalue weighted by Crippen LogP contribution is -2.61. The minimum Gasteiger partial charge on any atom is -0.460 e. The van der Waals surface area contributed by atoms with Crippen LogP contribution < -0.4 is 0 Å². The quantitative estimate of drug-likeness (QED) is 0.140. The summed E-state index contributed by atoms with van der Waals surface area (Å²) in [7, 11) is 4.94. The van der Waals surface area contributed by atoms with Gasteiger partial charge in [-0.3, -0.25) is 19.2 Å². The molecule has 1 saturated carbocycles.